The number of guanidine groups is 1. The molecule has 0 aliphatic carbocycles. The summed E-state index contributed by atoms with van der Waals surface area (Å²) in [5, 5.41) is 55.2. The lowest BCUT2D eigenvalue weighted by atomic mass is 9.99. The number of nitrogens with zero attached hydrogens (tertiary/aromatic N) is 1. The summed E-state index contributed by atoms with van der Waals surface area (Å²) in [6.07, 6.45) is -1.11. The fourth-order valence-corrected chi connectivity index (χ4v) is 6.71. The maximum atomic E-state index is 14.4. The highest BCUT2D eigenvalue weighted by atomic mass is 16.4. The van der Waals surface area contributed by atoms with Crippen LogP contribution in [0.15, 0.2) is 59.6 Å². The van der Waals surface area contributed by atoms with E-state index >= 15 is 0 Å². The van der Waals surface area contributed by atoms with Gasteiger partial charge in [-0.05, 0) is 60.8 Å². The summed E-state index contributed by atoms with van der Waals surface area (Å²) < 4.78 is 0. The number of carbonyl (C=O) groups excluding carboxylic acids is 7. The molecule has 0 aliphatic heterocycles. The zero-order chi connectivity index (χ0) is 51.8. The summed E-state index contributed by atoms with van der Waals surface area (Å²) in [6, 6.07) is 4.14. The van der Waals surface area contributed by atoms with Gasteiger partial charge in [-0.2, -0.15) is 0 Å². The Morgan fingerprint density at radius 3 is 1.46 bits per heavy atom. The highest BCUT2D eigenvalue weighted by Gasteiger charge is 2.35. The normalized spacial score (nSPS) is 14.0. The van der Waals surface area contributed by atoms with Crippen molar-refractivity contribution in [2.24, 2.45) is 34.0 Å². The quantitative estimate of drug-likeness (QED) is 0.0214. The number of nitrogens with two attached hydrogens (primary N) is 3. The molecule has 2 rings (SSSR count). The molecule has 0 spiro atoms. The lowest BCUT2D eigenvalue weighted by Gasteiger charge is -2.28. The number of aliphatic hydroxyl groups is 1. The number of carboxylic acids is 2. The maximum Gasteiger partial charge on any atom is 0.322 e. The number of phenols is 1. The number of carboxylic acid groups (broad SMARTS) is 2. The Labute approximate surface area is 399 Å². The molecule has 0 aliphatic rings. The van der Waals surface area contributed by atoms with Crippen LogP contribution in [0, 0.1) is 11.8 Å². The van der Waals surface area contributed by atoms with E-state index in [0.717, 1.165) is 0 Å². The first-order valence-corrected chi connectivity index (χ1v) is 22.3. The fraction of sp³-hybridized carbons (Fsp3) is 0.511. The second kappa shape index (κ2) is 29.4. The summed E-state index contributed by atoms with van der Waals surface area (Å²) in [7, 11) is 0. The van der Waals surface area contributed by atoms with Gasteiger partial charge in [0.15, 0.2) is 5.96 Å². The molecule has 0 aromatic heterocycles. The summed E-state index contributed by atoms with van der Waals surface area (Å²) >= 11 is 0. The lowest BCUT2D eigenvalue weighted by Crippen LogP contribution is -2.60. The van der Waals surface area contributed by atoms with E-state index in [1.807, 2.05) is 5.32 Å². The maximum absolute atomic E-state index is 14.4. The zero-order valence-corrected chi connectivity index (χ0v) is 39.1. The third-order valence-corrected chi connectivity index (χ3v) is 10.1. The van der Waals surface area contributed by atoms with Gasteiger partial charge in [0.05, 0.1) is 13.0 Å². The van der Waals surface area contributed by atoms with Crippen molar-refractivity contribution < 1.29 is 63.6 Å². The molecule has 0 radical (unpaired) electrons. The van der Waals surface area contributed by atoms with E-state index in [9.17, 15) is 58.5 Å². The summed E-state index contributed by atoms with van der Waals surface area (Å²) in [6.45, 7) is 5.60. The molecule has 2 aromatic rings. The molecule has 17 N–H and O–H groups in total. The van der Waals surface area contributed by atoms with E-state index in [4.69, 9.17) is 22.3 Å². The minimum atomic E-state index is -1.77. The molecule has 0 saturated carbocycles. The average molecular weight is 970 g/mol. The van der Waals surface area contributed by atoms with E-state index in [1.54, 1.807) is 58.0 Å². The predicted octanol–water partition coefficient (Wildman–Crippen LogP) is -2.77. The second-order valence-corrected chi connectivity index (χ2v) is 17.1. The van der Waals surface area contributed by atoms with Crippen molar-refractivity contribution in [2.45, 2.75) is 115 Å². The number of phenolic OH excluding ortho intramolecular Hbond substituents is 1. The molecular weight excluding hydrogens is 903 g/mol. The van der Waals surface area contributed by atoms with Gasteiger partial charge in [0.2, 0.25) is 41.4 Å². The van der Waals surface area contributed by atoms with Crippen molar-refractivity contribution in [1.82, 2.24) is 37.2 Å². The van der Waals surface area contributed by atoms with Crippen molar-refractivity contribution >= 4 is 59.2 Å². The number of amides is 7. The van der Waals surface area contributed by atoms with E-state index in [2.05, 4.69) is 36.9 Å². The minimum Gasteiger partial charge on any atom is -0.508 e. The van der Waals surface area contributed by atoms with Crippen LogP contribution in [0.1, 0.15) is 70.9 Å². The molecule has 0 saturated heterocycles. The van der Waals surface area contributed by atoms with E-state index in [0.29, 0.717) is 11.1 Å². The van der Waals surface area contributed by atoms with E-state index < -0.39 is 115 Å². The van der Waals surface area contributed by atoms with Gasteiger partial charge in [0, 0.05) is 19.4 Å². The van der Waals surface area contributed by atoms with Gasteiger partial charge in [-0.25, -0.2) is 0 Å². The van der Waals surface area contributed by atoms with Crippen molar-refractivity contribution in [1.29, 1.82) is 0 Å². The van der Waals surface area contributed by atoms with Gasteiger partial charge in [-0.3, -0.25) is 48.1 Å². The number of hydrogen-bond donors (Lipinski definition) is 14. The first-order chi connectivity index (χ1) is 32.5. The number of aliphatic carboxylic acids is 2. The second-order valence-electron chi connectivity index (χ2n) is 17.1. The standard InChI is InChI=1S/C45H67N11O13/c1-24(2)17-31(52-38(63)29(46)23-57)41(66)51-30(11-8-16-49-45(47)48)40(65)54-33(19-26-9-6-5-7-10-26)43(68)53-32(18-25(3)4)42(67)55-34(20-27-12-14-28(58)15-13-27)44(69)56-35(21-36(59)60)39(64)50-22-37(61)62/h5-7,9-10,12-15,24-25,29-35,57-58H,8,11,16-23,46H2,1-4H3,(H,50,64)(H,51,66)(H,52,63)(H,53,68)(H,54,65)(H,55,67)(H,56,69)(H,59,60)(H,61,62)(H4,47,48,49)/t29-,30-,31-,32-,33-,34-,35-/m0/s1. The smallest absolute Gasteiger partial charge is 0.322 e. The van der Waals surface area contributed by atoms with Crippen LogP contribution in [0.4, 0.5) is 0 Å². The van der Waals surface area contributed by atoms with Crippen LogP contribution >= 0.6 is 0 Å². The summed E-state index contributed by atoms with van der Waals surface area (Å²) in [4.78, 5) is 123. The van der Waals surface area contributed by atoms with Crippen molar-refractivity contribution in [2.75, 3.05) is 19.7 Å². The molecule has 0 bridgehead atoms. The van der Waals surface area contributed by atoms with Gasteiger partial charge in [-0.1, -0.05) is 70.2 Å². The third kappa shape index (κ3) is 22.3. The first-order valence-electron chi connectivity index (χ1n) is 22.3. The number of carbonyl (C=O) groups is 9. The molecule has 0 fully saturated rings. The molecule has 2 aromatic carbocycles. The number of aromatic hydroxyl groups is 1. The van der Waals surface area contributed by atoms with E-state index in [-0.39, 0.29) is 68.6 Å². The lowest BCUT2D eigenvalue weighted by molar-refractivity contribution is -0.141. The third-order valence-electron chi connectivity index (χ3n) is 10.1. The van der Waals surface area contributed by atoms with Crippen LogP contribution in [0.5, 0.6) is 5.75 Å². The van der Waals surface area contributed by atoms with Gasteiger partial charge in [0.1, 0.15) is 54.6 Å². The Morgan fingerprint density at radius 2 is 1.00 bits per heavy atom. The highest BCUT2D eigenvalue weighted by Crippen LogP contribution is 2.14. The average Bonchev–Trinajstić information content (AvgIpc) is 3.27. The molecule has 7 amide bonds. The molecule has 0 unspecified atom stereocenters. The van der Waals surface area contributed by atoms with Crippen molar-refractivity contribution in [3.63, 3.8) is 0 Å². The Morgan fingerprint density at radius 1 is 0.565 bits per heavy atom. The Bertz CT molecular complexity index is 2080. The SMILES string of the molecule is CC(C)C[C@H](NC(=O)[C@H](Cc1ccccc1)NC(=O)[C@H](CCCN=C(N)N)NC(=O)[C@H](CC(C)C)NC(=O)[C@@H](N)CO)C(=O)N[C@@H](Cc1ccc(O)cc1)C(=O)N[C@@H](CC(=O)O)C(=O)NCC(=O)O. The number of aliphatic imine (C=N–C) groups is 1. The fourth-order valence-electron chi connectivity index (χ4n) is 6.71. The number of hydrogen-bond acceptors (Lipinski definition) is 13. The minimum absolute atomic E-state index is 0.0112. The molecule has 69 heavy (non-hydrogen) atoms. The number of aliphatic hydroxyl groups excluding tert-OH is 1. The molecule has 24 heteroatoms. The van der Waals surface area contributed by atoms with Gasteiger partial charge in [0.25, 0.3) is 0 Å². The largest absolute Gasteiger partial charge is 0.508 e. The number of nitrogens with one attached hydrogen (secondary N) is 7. The van der Waals surface area contributed by atoms with Crippen LogP contribution in [-0.2, 0) is 56.0 Å². The number of benzene rings is 2. The highest BCUT2D eigenvalue weighted by molar-refractivity contribution is 5.98. The molecule has 24 nitrogen and oxygen atoms in total. The van der Waals surface area contributed by atoms with Crippen LogP contribution in [0.3, 0.4) is 0 Å². The van der Waals surface area contributed by atoms with Crippen molar-refractivity contribution in [3.8, 4) is 5.75 Å². The Kier molecular flexibility index (Phi) is 24.6. The van der Waals surface area contributed by atoms with Gasteiger partial charge < -0.3 is 74.8 Å². The van der Waals surface area contributed by atoms with Gasteiger partial charge in [-0.15, -0.1) is 0 Å². The molecular formula is C45H67N11O13. The summed E-state index contributed by atoms with van der Waals surface area (Å²) in [5.74, 6) is -9.97. The molecule has 7 atom stereocenters. The van der Waals surface area contributed by atoms with Crippen LogP contribution in [0.2, 0.25) is 0 Å². The van der Waals surface area contributed by atoms with Crippen molar-refractivity contribution in [3.05, 3.63) is 65.7 Å². The first kappa shape index (κ1) is 57.8. The van der Waals surface area contributed by atoms with E-state index in [1.165, 1.54) is 24.3 Å². The zero-order valence-electron chi connectivity index (χ0n) is 39.1. The number of rotatable bonds is 30. The van der Waals surface area contributed by atoms with Crippen LogP contribution < -0.4 is 54.4 Å². The molecule has 0 heterocycles. The van der Waals surface area contributed by atoms with Crippen LogP contribution in [-0.4, -0.2) is 142 Å². The topological polar surface area (TPSA) is 409 Å². The predicted molar refractivity (Wildman–Crippen MR) is 250 cm³/mol. The Balaban J connectivity index is 2.54. The summed E-state index contributed by atoms with van der Waals surface area (Å²) in [5.41, 5.74) is 17.6. The Hall–Kier alpha value is -7.34. The van der Waals surface area contributed by atoms with Gasteiger partial charge >= 0.3 is 11.9 Å². The monoisotopic (exact) mass is 969 g/mol. The van der Waals surface area contributed by atoms with Crippen LogP contribution in [0.25, 0.3) is 0 Å². The molecule has 380 valence electrons.